The van der Waals surface area contributed by atoms with E-state index in [4.69, 9.17) is 0 Å². The van der Waals surface area contributed by atoms with Crippen molar-refractivity contribution in [3.05, 3.63) is 28.0 Å². The van der Waals surface area contributed by atoms with Crippen LogP contribution in [0.5, 0.6) is 0 Å². The molecular weight excluding hydrogens is 448 g/mol. The van der Waals surface area contributed by atoms with Crippen molar-refractivity contribution in [3.63, 3.8) is 0 Å². The maximum Gasteiger partial charge on any atom is 0.418 e. The Kier molecular flexibility index (Phi) is 4.14. The average Bonchev–Trinajstić information content (AvgIpc) is 2.60. The Bertz CT molecular complexity index is 601. The molecule has 0 amide bonds. The molecule has 0 fully saturated rings. The van der Waals surface area contributed by atoms with Crippen molar-refractivity contribution in [1.29, 1.82) is 0 Å². The van der Waals surface area contributed by atoms with Gasteiger partial charge in [0, 0.05) is 46.4 Å². The van der Waals surface area contributed by atoms with Crippen LogP contribution in [0.25, 0.3) is 11.0 Å². The summed E-state index contributed by atoms with van der Waals surface area (Å²) < 4.78 is 40.9. The number of halogens is 5. The summed E-state index contributed by atoms with van der Waals surface area (Å²) in [6.07, 6.45) is -3.11. The molecule has 3 nitrogen and oxygen atoms in total. The van der Waals surface area contributed by atoms with Gasteiger partial charge in [-0.15, -0.1) is 0 Å². The van der Waals surface area contributed by atoms with E-state index in [0.717, 1.165) is 9.12 Å². The minimum Gasteiger partial charge on any atom is -0.390 e. The Morgan fingerprint density at radius 2 is 2.17 bits per heavy atom. The van der Waals surface area contributed by atoms with Crippen molar-refractivity contribution < 1.29 is 18.3 Å². The molecule has 2 rings (SSSR count). The van der Waals surface area contributed by atoms with Crippen LogP contribution in [-0.4, -0.2) is 14.1 Å². The summed E-state index contributed by atoms with van der Waals surface area (Å²) in [4.78, 5) is 3.97. The van der Waals surface area contributed by atoms with Crippen molar-refractivity contribution in [2.45, 2.75) is 12.8 Å². The summed E-state index contributed by atoms with van der Waals surface area (Å²) in [7, 11) is 1.04. The molecule has 1 N–H and O–H groups in total. The molecule has 0 aromatic carbocycles. The van der Waals surface area contributed by atoms with Crippen molar-refractivity contribution in [2.24, 2.45) is 0 Å². The van der Waals surface area contributed by atoms with Crippen LogP contribution in [0.4, 0.5) is 13.2 Å². The van der Waals surface area contributed by atoms with Crippen molar-refractivity contribution >= 4 is 57.3 Å². The predicted octanol–water partition coefficient (Wildman–Crippen LogP) is 4.16. The molecule has 0 aliphatic heterocycles. The van der Waals surface area contributed by atoms with Crippen LogP contribution in [0.2, 0.25) is 0 Å². The summed E-state index contributed by atoms with van der Waals surface area (Å²) in [5.41, 5.74) is -0.838. The number of pyridine rings is 1. The van der Waals surface area contributed by atoms with E-state index in [9.17, 15) is 18.3 Å². The van der Waals surface area contributed by atoms with Gasteiger partial charge in [-0.1, -0.05) is 0 Å². The highest BCUT2D eigenvalue weighted by Gasteiger charge is 2.39. The van der Waals surface area contributed by atoms with Crippen molar-refractivity contribution in [2.75, 3.05) is 0 Å². The maximum atomic E-state index is 13.1. The molecule has 0 aliphatic rings. The molecule has 0 bridgehead atoms. The average molecular weight is 453 g/mol. The van der Waals surface area contributed by atoms with Gasteiger partial charge in [-0.05, 0) is 22.0 Å². The van der Waals surface area contributed by atoms with E-state index in [2.05, 4.69) is 20.9 Å². The van der Waals surface area contributed by atoms with Crippen LogP contribution in [0, 0.1) is 0 Å². The lowest BCUT2D eigenvalue weighted by molar-refractivity contribution is -0.137. The fourth-order valence-corrected chi connectivity index (χ4v) is 3.74. The number of aliphatic hydroxyl groups is 1. The summed E-state index contributed by atoms with van der Waals surface area (Å²) >= 11 is 4.95. The second-order valence-electron chi connectivity index (χ2n) is 3.37. The predicted molar refractivity (Wildman–Crippen MR) is 75.4 cm³/mol. The monoisotopic (exact) mass is 452 g/mol. The second-order valence-corrected chi connectivity index (χ2v) is 5.97. The zero-order valence-corrected chi connectivity index (χ0v) is 13.1. The molecule has 0 aliphatic carbocycles. The van der Waals surface area contributed by atoms with Gasteiger partial charge in [-0.3, -0.25) is 3.97 Å². The van der Waals surface area contributed by atoms with Crippen LogP contribution >= 0.6 is 46.3 Å². The van der Waals surface area contributed by atoms with Gasteiger partial charge in [0.2, 0.25) is 0 Å². The number of nitrogens with zero attached hydrogens (tertiary/aromatic N) is 2. The molecule has 98 valence electrons. The number of aliphatic hydroxyl groups excluding tert-OH is 1. The third-order valence-electron chi connectivity index (χ3n) is 2.33. The van der Waals surface area contributed by atoms with Gasteiger partial charge in [0.15, 0.2) is 5.65 Å². The van der Waals surface area contributed by atoms with Crippen molar-refractivity contribution in [3.8, 4) is 0 Å². The second kappa shape index (κ2) is 5.17. The van der Waals surface area contributed by atoms with E-state index in [1.54, 1.807) is 0 Å². The highest BCUT2D eigenvalue weighted by atomic mass is 127. The van der Waals surface area contributed by atoms with E-state index >= 15 is 0 Å². The Morgan fingerprint density at radius 1 is 1.50 bits per heavy atom. The first-order valence-electron chi connectivity index (χ1n) is 4.56. The van der Waals surface area contributed by atoms with Gasteiger partial charge < -0.3 is 5.11 Å². The molecule has 2 heterocycles. The fourth-order valence-electron chi connectivity index (χ4n) is 1.70. The molecule has 0 unspecified atom stereocenters. The van der Waals surface area contributed by atoms with Gasteiger partial charge in [0.05, 0.1) is 17.9 Å². The number of hydrogen-bond donors (Lipinski definition) is 1. The zero-order chi connectivity index (χ0) is 13.5. The molecular formula is C9H5BrF3IN2OS. The Labute approximate surface area is 125 Å². The Balaban J connectivity index is 2.92. The Hall–Kier alpha value is -0.000000000000000111. The standard InChI is InChI=1S/C9H5BrF3IN2OS/c10-4-1-5-7(9(11,12)13)6(3-17)16(18-14)8(5)15-2-4/h1-2,17H,3H2. The highest BCUT2D eigenvalue weighted by molar-refractivity contribution is 14.2. The molecule has 0 spiro atoms. The summed E-state index contributed by atoms with van der Waals surface area (Å²) in [6, 6.07) is 1.35. The first kappa shape index (κ1) is 14.4. The molecule has 18 heavy (non-hydrogen) atoms. The first-order chi connectivity index (χ1) is 8.40. The minimum absolute atomic E-state index is 0.0231. The number of hydrogen-bond acceptors (Lipinski definition) is 3. The summed E-state index contributed by atoms with van der Waals surface area (Å²) in [5, 5.41) is 9.16. The molecule has 2 aromatic heterocycles. The topological polar surface area (TPSA) is 38.1 Å². The lowest BCUT2D eigenvalue weighted by atomic mass is 10.1. The van der Waals surface area contributed by atoms with Gasteiger partial charge in [0.1, 0.15) is 0 Å². The van der Waals surface area contributed by atoms with E-state index in [-0.39, 0.29) is 16.7 Å². The summed E-state index contributed by atoms with van der Waals surface area (Å²) in [6.45, 7) is -0.696. The van der Waals surface area contributed by atoms with Gasteiger partial charge >= 0.3 is 6.18 Å². The fraction of sp³-hybridized carbons (Fsp3) is 0.222. The van der Waals surface area contributed by atoms with E-state index in [1.807, 2.05) is 21.2 Å². The lowest BCUT2D eigenvalue weighted by Gasteiger charge is -2.08. The van der Waals surface area contributed by atoms with Crippen LogP contribution in [0.1, 0.15) is 11.3 Å². The normalized spacial score (nSPS) is 12.3. The van der Waals surface area contributed by atoms with Crippen LogP contribution in [0.3, 0.4) is 0 Å². The SMILES string of the molecule is OCc1c(C(F)(F)F)c2cc(Br)cnc2n1SI. The quantitative estimate of drug-likeness (QED) is 0.695. The van der Waals surface area contributed by atoms with Gasteiger partial charge in [-0.25, -0.2) is 4.98 Å². The third kappa shape index (κ3) is 2.37. The molecule has 0 saturated carbocycles. The van der Waals surface area contributed by atoms with E-state index in [0.29, 0.717) is 4.47 Å². The molecule has 0 saturated heterocycles. The number of fused-ring (bicyclic) bond motifs is 1. The lowest BCUT2D eigenvalue weighted by Crippen LogP contribution is -2.09. The van der Waals surface area contributed by atoms with Crippen molar-refractivity contribution in [1.82, 2.24) is 8.96 Å². The summed E-state index contributed by atoms with van der Waals surface area (Å²) in [5.74, 6) is 0. The molecule has 0 atom stereocenters. The Morgan fingerprint density at radius 3 is 2.67 bits per heavy atom. The smallest absolute Gasteiger partial charge is 0.390 e. The third-order valence-corrected chi connectivity index (χ3v) is 4.48. The minimum atomic E-state index is -4.53. The first-order valence-corrected chi connectivity index (χ1v) is 8.67. The van der Waals surface area contributed by atoms with Gasteiger partial charge in [0.25, 0.3) is 0 Å². The number of aromatic nitrogens is 2. The van der Waals surface area contributed by atoms with Crippen LogP contribution < -0.4 is 0 Å². The highest BCUT2D eigenvalue weighted by Crippen LogP contribution is 2.42. The van der Waals surface area contributed by atoms with E-state index in [1.165, 1.54) is 16.2 Å². The van der Waals surface area contributed by atoms with Crippen LogP contribution in [-0.2, 0) is 12.8 Å². The molecule has 0 radical (unpaired) electrons. The zero-order valence-electron chi connectivity index (χ0n) is 8.50. The number of alkyl halides is 3. The van der Waals surface area contributed by atoms with Gasteiger partial charge in [-0.2, -0.15) is 13.2 Å². The molecule has 2 aromatic rings. The number of rotatable bonds is 2. The molecule has 9 heteroatoms. The van der Waals surface area contributed by atoms with Crippen LogP contribution in [0.15, 0.2) is 16.7 Å². The largest absolute Gasteiger partial charge is 0.418 e. The maximum absolute atomic E-state index is 13.1. The van der Waals surface area contributed by atoms with E-state index < -0.39 is 18.3 Å².